The molecule has 0 aliphatic heterocycles. The molecule has 0 aliphatic carbocycles. The number of aromatic nitrogens is 1. The molecule has 1 amide bonds. The Balaban J connectivity index is 3.39. The van der Waals surface area contributed by atoms with Gasteiger partial charge in [0.2, 0.25) is 0 Å². The summed E-state index contributed by atoms with van der Waals surface area (Å²) in [5, 5.41) is 17.9. The number of aliphatic hydroxyl groups is 1. The smallest absolute Gasteiger partial charge is 0.269 e. The lowest BCUT2D eigenvalue weighted by Gasteiger charge is -2.11. The lowest BCUT2D eigenvalue weighted by atomic mass is 10.1. The van der Waals surface area contributed by atoms with Gasteiger partial charge in [0.1, 0.15) is 18.2 Å². The highest BCUT2D eigenvalue weighted by Gasteiger charge is 2.13. The second-order valence-corrected chi connectivity index (χ2v) is 3.41. The van der Waals surface area contributed by atoms with E-state index in [1.165, 1.54) is 6.07 Å². The van der Waals surface area contributed by atoms with Crippen LogP contribution in [-0.4, -0.2) is 15.6 Å². The van der Waals surface area contributed by atoms with Crippen molar-refractivity contribution in [3.05, 3.63) is 33.2 Å². The molecule has 90 valence electrons. The topological polar surface area (TPSA) is 121 Å². The first-order valence-electron chi connectivity index (χ1n) is 4.78. The number of nitrogens with zero attached hydrogens (tertiary/aromatic N) is 2. The average Bonchev–Trinajstić information content (AvgIpc) is 2.33. The monoisotopic (exact) mass is 236 g/mol. The van der Waals surface area contributed by atoms with Crippen LogP contribution >= 0.6 is 0 Å². The lowest BCUT2D eigenvalue weighted by molar-refractivity contribution is -0.121. The molecular formula is C10H12N4O3. The number of hydrogen-bond donors (Lipinski definition) is 3. The molecule has 0 fully saturated rings. The molecule has 7 heteroatoms. The van der Waals surface area contributed by atoms with Gasteiger partial charge in [-0.15, -0.1) is 0 Å². The van der Waals surface area contributed by atoms with Crippen molar-refractivity contribution in [3.63, 3.8) is 0 Å². The molecule has 1 heterocycles. The van der Waals surface area contributed by atoms with Gasteiger partial charge < -0.3 is 9.67 Å². The first-order valence-corrected chi connectivity index (χ1v) is 4.78. The van der Waals surface area contributed by atoms with Crippen LogP contribution in [0.1, 0.15) is 16.8 Å². The Morgan fingerprint density at radius 1 is 1.71 bits per heavy atom. The molecule has 0 aliphatic rings. The van der Waals surface area contributed by atoms with Crippen LogP contribution in [0.15, 0.2) is 10.9 Å². The van der Waals surface area contributed by atoms with Crippen LogP contribution in [-0.2, 0) is 17.9 Å². The number of aryl methyl sites for hydroxylation is 1. The van der Waals surface area contributed by atoms with E-state index in [0.29, 0.717) is 5.69 Å². The summed E-state index contributed by atoms with van der Waals surface area (Å²) >= 11 is 0. The Morgan fingerprint density at radius 2 is 2.35 bits per heavy atom. The third-order valence-electron chi connectivity index (χ3n) is 2.33. The second kappa shape index (κ2) is 5.25. The number of amides is 1. The molecular weight excluding hydrogens is 224 g/mol. The fourth-order valence-electron chi connectivity index (χ4n) is 1.46. The van der Waals surface area contributed by atoms with Crippen molar-refractivity contribution < 1.29 is 9.90 Å². The number of hydrazine groups is 1. The summed E-state index contributed by atoms with van der Waals surface area (Å²) in [4.78, 5) is 23.0. The minimum absolute atomic E-state index is 0.164. The summed E-state index contributed by atoms with van der Waals surface area (Å²) in [7, 11) is 0. The van der Waals surface area contributed by atoms with E-state index >= 15 is 0 Å². The molecule has 0 radical (unpaired) electrons. The fraction of sp³-hybridized carbons (Fsp3) is 0.300. The lowest BCUT2D eigenvalue weighted by Crippen LogP contribution is -2.37. The summed E-state index contributed by atoms with van der Waals surface area (Å²) in [5.41, 5.74) is 1.85. The van der Waals surface area contributed by atoms with Gasteiger partial charge in [-0.25, -0.2) is 5.84 Å². The highest BCUT2D eigenvalue weighted by molar-refractivity contribution is 5.75. The molecule has 0 spiro atoms. The Hall–Kier alpha value is -2.17. The maximum atomic E-state index is 11.9. The third kappa shape index (κ3) is 2.50. The van der Waals surface area contributed by atoms with E-state index < -0.39 is 18.1 Å². The fourth-order valence-corrected chi connectivity index (χ4v) is 1.46. The first kappa shape index (κ1) is 12.9. The van der Waals surface area contributed by atoms with Crippen molar-refractivity contribution in [2.75, 3.05) is 0 Å². The van der Waals surface area contributed by atoms with Gasteiger partial charge in [0, 0.05) is 11.3 Å². The van der Waals surface area contributed by atoms with Crippen molar-refractivity contribution in [1.82, 2.24) is 9.99 Å². The molecule has 1 aromatic heterocycles. The molecule has 0 aromatic carbocycles. The highest BCUT2D eigenvalue weighted by Crippen LogP contribution is 2.06. The number of pyridine rings is 1. The predicted molar refractivity (Wildman–Crippen MR) is 58.4 cm³/mol. The average molecular weight is 236 g/mol. The molecule has 0 saturated heterocycles. The highest BCUT2D eigenvalue weighted by atomic mass is 16.3. The van der Waals surface area contributed by atoms with Gasteiger partial charge in [-0.05, 0) is 13.0 Å². The number of carbonyl (C=O) groups excluding carboxylic acids is 1. The number of aliphatic hydroxyl groups excluding tert-OH is 1. The summed E-state index contributed by atoms with van der Waals surface area (Å²) in [5.74, 6) is 4.38. The standard InChI is InChI=1S/C10H12N4O3/c1-6-2-7(5-15)8(3-11)10(17)14(6)4-9(16)13-12/h2,15H,4-5,12H2,1H3,(H,13,16). The molecule has 0 unspecified atom stereocenters. The van der Waals surface area contributed by atoms with Crippen LogP contribution in [0.4, 0.5) is 0 Å². The molecule has 17 heavy (non-hydrogen) atoms. The van der Waals surface area contributed by atoms with E-state index in [2.05, 4.69) is 0 Å². The quantitative estimate of drug-likeness (QED) is 0.335. The van der Waals surface area contributed by atoms with E-state index in [4.69, 9.17) is 16.2 Å². The zero-order chi connectivity index (χ0) is 13.0. The molecule has 1 aromatic rings. The van der Waals surface area contributed by atoms with E-state index in [1.807, 2.05) is 5.43 Å². The number of nitriles is 1. The minimum atomic E-state index is -0.611. The van der Waals surface area contributed by atoms with E-state index in [1.54, 1.807) is 13.0 Å². The zero-order valence-electron chi connectivity index (χ0n) is 9.23. The van der Waals surface area contributed by atoms with Crippen LogP contribution < -0.4 is 16.8 Å². The Kier molecular flexibility index (Phi) is 3.98. The molecule has 0 saturated carbocycles. The zero-order valence-corrected chi connectivity index (χ0v) is 9.23. The predicted octanol–water partition coefficient (Wildman–Crippen LogP) is -1.49. The van der Waals surface area contributed by atoms with Crippen molar-refractivity contribution in [3.8, 4) is 6.07 Å². The minimum Gasteiger partial charge on any atom is -0.392 e. The van der Waals surface area contributed by atoms with E-state index in [0.717, 1.165) is 4.57 Å². The van der Waals surface area contributed by atoms with Gasteiger partial charge in [0.05, 0.1) is 6.61 Å². The molecule has 7 nitrogen and oxygen atoms in total. The SMILES string of the molecule is Cc1cc(CO)c(C#N)c(=O)n1CC(=O)NN. The Morgan fingerprint density at radius 3 is 2.82 bits per heavy atom. The number of hydrogen-bond acceptors (Lipinski definition) is 5. The number of rotatable bonds is 3. The summed E-state index contributed by atoms with van der Waals surface area (Å²) < 4.78 is 1.12. The molecule has 0 bridgehead atoms. The molecule has 4 N–H and O–H groups in total. The molecule has 1 rings (SSSR count). The maximum Gasteiger partial charge on any atom is 0.269 e. The molecule has 0 atom stereocenters. The summed E-state index contributed by atoms with van der Waals surface area (Å²) in [6.45, 7) is 0.940. The second-order valence-electron chi connectivity index (χ2n) is 3.41. The van der Waals surface area contributed by atoms with Gasteiger partial charge in [-0.3, -0.25) is 15.0 Å². The van der Waals surface area contributed by atoms with Gasteiger partial charge >= 0.3 is 0 Å². The van der Waals surface area contributed by atoms with E-state index in [9.17, 15) is 9.59 Å². The van der Waals surface area contributed by atoms with Gasteiger partial charge in [0.25, 0.3) is 11.5 Å². The first-order chi connectivity index (χ1) is 8.04. The van der Waals surface area contributed by atoms with Gasteiger partial charge in [-0.2, -0.15) is 5.26 Å². The van der Waals surface area contributed by atoms with Gasteiger partial charge in [0.15, 0.2) is 0 Å². The van der Waals surface area contributed by atoms with Gasteiger partial charge in [-0.1, -0.05) is 0 Å². The van der Waals surface area contributed by atoms with Crippen LogP contribution in [0, 0.1) is 18.3 Å². The van der Waals surface area contributed by atoms with Crippen LogP contribution in [0.5, 0.6) is 0 Å². The summed E-state index contributed by atoms with van der Waals surface area (Å²) in [6, 6.07) is 3.21. The Labute approximate surface area is 97.1 Å². The van der Waals surface area contributed by atoms with Crippen molar-refractivity contribution >= 4 is 5.91 Å². The van der Waals surface area contributed by atoms with Crippen LogP contribution in [0.2, 0.25) is 0 Å². The summed E-state index contributed by atoms with van der Waals surface area (Å²) in [6.07, 6.45) is 0. The van der Waals surface area contributed by atoms with E-state index in [-0.39, 0.29) is 17.7 Å². The Bertz CT molecular complexity index is 542. The van der Waals surface area contributed by atoms with Crippen LogP contribution in [0.25, 0.3) is 0 Å². The normalized spacial score (nSPS) is 9.76. The number of nitrogens with two attached hydrogens (primary N) is 1. The maximum absolute atomic E-state index is 11.9. The van der Waals surface area contributed by atoms with Crippen molar-refractivity contribution in [2.24, 2.45) is 5.84 Å². The number of carbonyl (C=O) groups is 1. The van der Waals surface area contributed by atoms with Crippen molar-refractivity contribution in [2.45, 2.75) is 20.1 Å². The largest absolute Gasteiger partial charge is 0.392 e. The number of nitrogens with one attached hydrogen (secondary N) is 1. The van der Waals surface area contributed by atoms with Crippen LogP contribution in [0.3, 0.4) is 0 Å². The van der Waals surface area contributed by atoms with Crippen molar-refractivity contribution in [1.29, 1.82) is 5.26 Å². The third-order valence-corrected chi connectivity index (χ3v) is 2.33.